The van der Waals surface area contributed by atoms with Crippen LogP contribution in [0, 0.1) is 17.8 Å². The van der Waals surface area contributed by atoms with Crippen LogP contribution >= 0.6 is 0 Å². The third-order valence-electron chi connectivity index (χ3n) is 12.2. The van der Waals surface area contributed by atoms with E-state index in [4.69, 9.17) is 66.4 Å². The number of carbonyl (C=O) groups is 1. The molecule has 0 heterocycles. The predicted molar refractivity (Wildman–Crippen MR) is 237 cm³/mol. The first kappa shape index (κ1) is 61.0. The van der Waals surface area contributed by atoms with Crippen LogP contribution in [-0.4, -0.2) is 175 Å². The van der Waals surface area contributed by atoms with E-state index in [1.54, 1.807) is 107 Å². The van der Waals surface area contributed by atoms with Crippen molar-refractivity contribution in [3.05, 3.63) is 6.92 Å². The van der Waals surface area contributed by atoms with E-state index in [1.165, 1.54) is 0 Å². The van der Waals surface area contributed by atoms with E-state index in [9.17, 15) is 0 Å². The molecule has 0 N–H and O–H groups in total. The molecule has 0 aliphatic rings. The summed E-state index contributed by atoms with van der Waals surface area (Å²) in [5.41, 5.74) is -1.18. The van der Waals surface area contributed by atoms with Gasteiger partial charge in [-0.25, -0.2) is 0 Å². The molecule has 1 amide bonds. The molecule has 0 atom stereocenters. The minimum Gasteiger partial charge on any atom is -0.377 e. The van der Waals surface area contributed by atoms with Gasteiger partial charge in [-0.15, -0.1) is 6.54 Å². The Hall–Kier alpha value is -1.05. The summed E-state index contributed by atoms with van der Waals surface area (Å²) in [6.45, 7) is 7.31. The van der Waals surface area contributed by atoms with Crippen molar-refractivity contribution in [1.82, 2.24) is 4.90 Å². The largest absolute Gasteiger partial charge is 0.500 e. The summed E-state index contributed by atoms with van der Waals surface area (Å²) >= 11 is 0. The second kappa shape index (κ2) is 30.2. The van der Waals surface area contributed by atoms with Gasteiger partial charge in [0.25, 0.3) is 0 Å². The van der Waals surface area contributed by atoms with Crippen molar-refractivity contribution in [2.45, 2.75) is 101 Å². The van der Waals surface area contributed by atoms with Crippen LogP contribution in [0.15, 0.2) is 0 Å². The summed E-state index contributed by atoms with van der Waals surface area (Å²) in [5, 5.41) is 0. The Kier molecular flexibility index (Phi) is 30.7. The van der Waals surface area contributed by atoms with Crippen LogP contribution < -0.4 is 0 Å². The quantitative estimate of drug-likeness (QED) is 0.0526. The normalized spacial score (nSPS) is 13.5. The predicted octanol–water partition coefficient (Wildman–Crippen LogP) is 5.93. The van der Waals surface area contributed by atoms with Gasteiger partial charge in [0.05, 0.1) is 0 Å². The minimum atomic E-state index is -2.96. The summed E-state index contributed by atoms with van der Waals surface area (Å²) in [6.07, 6.45) is 6.55. The molecular formula is C37H84NO16RfSi5-. The van der Waals surface area contributed by atoms with E-state index >= 15 is 4.79 Å². The number of amides is 1. The number of nitrogens with zero attached hydrogens (tertiary/aromatic N) is 1. The Morgan fingerprint density at radius 3 is 0.800 bits per heavy atom. The summed E-state index contributed by atoms with van der Waals surface area (Å²) in [7, 11) is 9.64. The van der Waals surface area contributed by atoms with Gasteiger partial charge in [-0.05, 0) is 69.6 Å². The Labute approximate surface area is 363 Å². The molecule has 0 saturated heterocycles. The summed E-state index contributed by atoms with van der Waals surface area (Å²) < 4.78 is 86.9. The number of hydrogen-bond donors (Lipinski definition) is 0. The molecule has 0 radical (unpaired) electrons. The molecule has 60 heavy (non-hydrogen) atoms. The fourth-order valence-electron chi connectivity index (χ4n) is 8.20. The molecule has 0 unspecified atom stereocenters. The van der Waals surface area contributed by atoms with Crippen LogP contribution in [0.5, 0.6) is 0 Å². The van der Waals surface area contributed by atoms with Crippen molar-refractivity contribution < 1.29 is 71.2 Å². The van der Waals surface area contributed by atoms with Crippen molar-refractivity contribution >= 4 is 49.9 Å². The van der Waals surface area contributed by atoms with Crippen LogP contribution in [0.2, 0.25) is 30.2 Å². The first-order valence-corrected chi connectivity index (χ1v) is 30.0. The minimum absolute atomic E-state index is 0. The average molecular weight is 1210 g/mol. The Morgan fingerprint density at radius 1 is 0.417 bits per heavy atom. The molecule has 0 aliphatic carbocycles. The molecule has 0 saturated carbocycles. The zero-order valence-electron chi connectivity index (χ0n) is 40.4. The molecule has 0 aromatic rings. The third kappa shape index (κ3) is 17.5. The molecule has 0 fully saturated rings. The van der Waals surface area contributed by atoms with E-state index in [0.29, 0.717) is 75.3 Å². The van der Waals surface area contributed by atoms with Gasteiger partial charge in [-0.2, -0.15) is 0 Å². The fourth-order valence-corrected chi connectivity index (χ4v) is 16.8. The summed E-state index contributed by atoms with van der Waals surface area (Å²) in [6, 6.07) is 2.84. The maximum Gasteiger partial charge on any atom is 0.500 e. The van der Waals surface area contributed by atoms with Crippen molar-refractivity contribution in [2.75, 3.05) is 120 Å². The second-order valence-electron chi connectivity index (χ2n) is 15.1. The van der Waals surface area contributed by atoms with Gasteiger partial charge in [0.2, 0.25) is 5.91 Å². The zero-order valence-corrected chi connectivity index (χ0v) is 51.8. The molecule has 23 heteroatoms. The summed E-state index contributed by atoms with van der Waals surface area (Å²) in [4.78, 5) is 17.6. The molecular weight excluding hydrogens is 1120 g/mol. The average Bonchev–Trinajstić information content (AvgIpc) is 3.28. The smallest absolute Gasteiger partial charge is 0.377 e. The van der Waals surface area contributed by atoms with Gasteiger partial charge >= 0.3 is 44.0 Å². The zero-order chi connectivity index (χ0) is 45.3. The van der Waals surface area contributed by atoms with Crippen molar-refractivity contribution in [3.63, 3.8) is 0 Å². The topological polar surface area (TPSA) is 159 Å². The maximum absolute atomic E-state index is 15.6. The summed E-state index contributed by atoms with van der Waals surface area (Å²) in [5.74, 6) is 0.0288. The Morgan fingerprint density at radius 2 is 0.617 bits per heavy atom. The molecule has 356 valence electrons. The van der Waals surface area contributed by atoms with Gasteiger partial charge in [0.15, 0.2) is 0 Å². The van der Waals surface area contributed by atoms with Gasteiger partial charge in [-0.3, -0.25) is 4.79 Å². The van der Waals surface area contributed by atoms with Gasteiger partial charge in [-0.1, -0.05) is 6.92 Å². The van der Waals surface area contributed by atoms with Gasteiger partial charge in [0, 0.05) is 149 Å². The molecule has 0 bridgehead atoms. The monoisotopic (exact) mass is 1210 g/mol. The van der Waals surface area contributed by atoms with E-state index in [0.717, 1.165) is 25.7 Å². The van der Waals surface area contributed by atoms with Gasteiger partial charge < -0.3 is 78.2 Å². The van der Waals surface area contributed by atoms with E-state index in [2.05, 4.69) is 13.8 Å². The Balaban J connectivity index is 0. The molecule has 0 spiro atoms. The van der Waals surface area contributed by atoms with E-state index < -0.39 is 49.4 Å². The number of hydrogen-bond acceptors (Lipinski definition) is 16. The molecule has 0 aromatic carbocycles. The Bertz CT molecular complexity index is 974. The first-order chi connectivity index (χ1) is 28.0. The van der Waals surface area contributed by atoms with Crippen LogP contribution in [0.3, 0.4) is 0 Å². The molecule has 0 aliphatic heterocycles. The van der Waals surface area contributed by atoms with E-state index in [1.807, 2.05) is 4.90 Å². The molecule has 0 rings (SSSR count). The van der Waals surface area contributed by atoms with Crippen LogP contribution in [0.25, 0.3) is 0 Å². The first-order valence-electron chi connectivity index (χ1n) is 20.4. The van der Waals surface area contributed by atoms with Gasteiger partial charge in [0.1, 0.15) is 0 Å². The fraction of sp³-hybridized carbons (Fsp3) is 0.946. The molecule has 0 aromatic heterocycles. The number of carbonyl (C=O) groups excluding carboxylic acids is 1. The van der Waals surface area contributed by atoms with Crippen LogP contribution in [0.4, 0.5) is 0 Å². The SMILES string of the molecule is [CH2-]CN(CC(C)(CCC[Si](OC)(OC)OC)CCC[Si](OC)(OC)OC)C(=O)C(CCC[Si](OC)(OC)OC)(CCC[Si](OC)(OC)OC)CCC[Si](OC)(OC)OC.[Rf]. The van der Waals surface area contributed by atoms with Crippen LogP contribution in [0.1, 0.15) is 71.1 Å². The molecule has 17 nitrogen and oxygen atoms in total. The number of rotatable bonds is 39. The maximum atomic E-state index is 15.6. The van der Waals surface area contributed by atoms with Crippen LogP contribution in [-0.2, 0) is 71.2 Å². The van der Waals surface area contributed by atoms with Crippen molar-refractivity contribution in [2.24, 2.45) is 10.8 Å². The van der Waals surface area contributed by atoms with Crippen molar-refractivity contribution in [1.29, 1.82) is 0 Å². The standard InChI is InChI=1S/C37H84NO16Si5.Rf/c1-18-38(34-36(2,24-19-29-55(40-3,41-4)42-5)25-20-30-56(43-6,44-7)45-8)35(39)37(26-21-31-57(46-9,47-10)48-11,27-22-32-58(49-12,50-13)51-14)28-23-33-59(52-15,53-16)54-17;/h1,18-34H2,2-17H3;/q-1;. The second-order valence-corrected chi connectivity index (χ2v) is 30.5. The van der Waals surface area contributed by atoms with Crippen molar-refractivity contribution in [3.8, 4) is 0 Å². The third-order valence-corrected chi connectivity index (χ3v) is 26.3. The van der Waals surface area contributed by atoms with E-state index in [-0.39, 0.29) is 17.9 Å².